The number of phenolic OH excluding ortho intramolecular Hbond substituents is 1. The maximum Gasteiger partial charge on any atom is 0.416 e. The molecule has 0 bridgehead atoms. The molecule has 0 saturated heterocycles. The summed E-state index contributed by atoms with van der Waals surface area (Å²) in [7, 11) is 0. The Balaban J connectivity index is 1.21. The summed E-state index contributed by atoms with van der Waals surface area (Å²) in [5, 5.41) is 29.5. The standard InChI is InChI=1S/C24H23F4N9O3/c25-17(12-37-14-21(33-35-37)22(39)30-10-15-2-1-3-19(38)8-15)5-7-36-13-20(32-34-36)23(40)31-11-18-9-16(4-6-29-18)24(26,27)28/h1-4,6,8-9,13-14,17,38H,5,7,10-12H2,(H,30,39)(H,31,40). The quantitative estimate of drug-likeness (QED) is 0.236. The Bertz CT molecular complexity index is 1470. The second-order valence-corrected chi connectivity index (χ2v) is 8.65. The van der Waals surface area contributed by atoms with Gasteiger partial charge in [-0.25, -0.2) is 9.07 Å². The highest BCUT2D eigenvalue weighted by Crippen LogP contribution is 2.29. The summed E-state index contributed by atoms with van der Waals surface area (Å²) < 4.78 is 55.4. The molecule has 3 N–H and O–H groups in total. The molecule has 0 radical (unpaired) electrons. The van der Waals surface area contributed by atoms with Crippen LogP contribution in [-0.2, 0) is 32.4 Å². The monoisotopic (exact) mass is 561 g/mol. The number of carbonyl (C=O) groups is 2. The van der Waals surface area contributed by atoms with E-state index in [9.17, 15) is 32.3 Å². The minimum atomic E-state index is -4.53. The van der Waals surface area contributed by atoms with Gasteiger partial charge in [-0.2, -0.15) is 13.2 Å². The van der Waals surface area contributed by atoms with Crippen LogP contribution < -0.4 is 10.6 Å². The van der Waals surface area contributed by atoms with E-state index in [0.717, 1.165) is 18.3 Å². The summed E-state index contributed by atoms with van der Waals surface area (Å²) in [6.07, 6.45) is -2.34. The summed E-state index contributed by atoms with van der Waals surface area (Å²) in [5.74, 6) is -1.12. The maximum absolute atomic E-state index is 14.5. The zero-order valence-electron chi connectivity index (χ0n) is 20.7. The van der Waals surface area contributed by atoms with Gasteiger partial charge in [-0.15, -0.1) is 10.2 Å². The largest absolute Gasteiger partial charge is 0.508 e. The maximum atomic E-state index is 14.5. The average Bonchev–Trinajstić information content (AvgIpc) is 3.59. The molecule has 4 rings (SSSR count). The van der Waals surface area contributed by atoms with Crippen LogP contribution in [0.5, 0.6) is 5.75 Å². The summed E-state index contributed by atoms with van der Waals surface area (Å²) in [6, 6.07) is 8.05. The lowest BCUT2D eigenvalue weighted by Crippen LogP contribution is -2.24. The second kappa shape index (κ2) is 12.3. The topological polar surface area (TPSA) is 153 Å². The number of aromatic nitrogens is 7. The van der Waals surface area contributed by atoms with Crippen LogP contribution in [0.25, 0.3) is 0 Å². The number of nitrogens with one attached hydrogen (secondary N) is 2. The van der Waals surface area contributed by atoms with Crippen LogP contribution in [0.1, 0.15) is 44.2 Å². The predicted octanol–water partition coefficient (Wildman–Crippen LogP) is 2.28. The van der Waals surface area contributed by atoms with Gasteiger partial charge in [0.25, 0.3) is 11.8 Å². The van der Waals surface area contributed by atoms with E-state index in [1.165, 1.54) is 33.9 Å². The molecule has 4 aromatic rings. The van der Waals surface area contributed by atoms with Crippen molar-refractivity contribution >= 4 is 11.8 Å². The summed E-state index contributed by atoms with van der Waals surface area (Å²) >= 11 is 0. The number of amides is 2. The van der Waals surface area contributed by atoms with Gasteiger partial charge in [-0.05, 0) is 29.8 Å². The van der Waals surface area contributed by atoms with Crippen molar-refractivity contribution in [2.75, 3.05) is 0 Å². The minimum Gasteiger partial charge on any atom is -0.508 e. The number of hydrogen-bond acceptors (Lipinski definition) is 8. The lowest BCUT2D eigenvalue weighted by Gasteiger charge is -2.08. The zero-order valence-corrected chi connectivity index (χ0v) is 20.7. The fourth-order valence-electron chi connectivity index (χ4n) is 3.52. The van der Waals surface area contributed by atoms with Crippen molar-refractivity contribution in [3.05, 3.63) is 83.2 Å². The molecule has 3 heterocycles. The molecule has 1 atom stereocenters. The molecule has 16 heteroatoms. The molecule has 12 nitrogen and oxygen atoms in total. The van der Waals surface area contributed by atoms with Crippen molar-refractivity contribution in [3.63, 3.8) is 0 Å². The molecular weight excluding hydrogens is 538 g/mol. The van der Waals surface area contributed by atoms with Crippen molar-refractivity contribution in [2.24, 2.45) is 0 Å². The van der Waals surface area contributed by atoms with Crippen LogP contribution in [0.2, 0.25) is 0 Å². The number of phenols is 1. The van der Waals surface area contributed by atoms with Crippen LogP contribution in [0.4, 0.5) is 17.6 Å². The number of nitrogens with zero attached hydrogens (tertiary/aromatic N) is 7. The highest BCUT2D eigenvalue weighted by Gasteiger charge is 2.30. The molecule has 0 spiro atoms. The molecule has 1 unspecified atom stereocenters. The third-order valence-corrected chi connectivity index (χ3v) is 5.54. The summed E-state index contributed by atoms with van der Waals surface area (Å²) in [5.41, 5.74) is -0.277. The molecule has 40 heavy (non-hydrogen) atoms. The molecule has 2 amide bonds. The first-order chi connectivity index (χ1) is 19.1. The molecule has 0 fully saturated rings. The number of pyridine rings is 1. The van der Waals surface area contributed by atoms with Crippen molar-refractivity contribution in [3.8, 4) is 5.75 Å². The Morgan fingerprint density at radius 2 is 1.62 bits per heavy atom. The summed E-state index contributed by atoms with van der Waals surface area (Å²) in [4.78, 5) is 28.4. The number of halogens is 4. The third-order valence-electron chi connectivity index (χ3n) is 5.54. The zero-order chi connectivity index (χ0) is 28.7. The lowest BCUT2D eigenvalue weighted by atomic mass is 10.2. The van der Waals surface area contributed by atoms with Gasteiger partial charge in [0.05, 0.1) is 36.7 Å². The number of rotatable bonds is 11. The Morgan fingerprint density at radius 3 is 2.33 bits per heavy atom. The smallest absolute Gasteiger partial charge is 0.416 e. The van der Waals surface area contributed by atoms with Gasteiger partial charge < -0.3 is 15.7 Å². The SMILES string of the molecule is O=C(NCc1cc(C(F)(F)F)ccn1)c1cn(CCC(F)Cn2cc(C(=O)NCc3cccc(O)c3)nn2)nn1. The van der Waals surface area contributed by atoms with E-state index in [4.69, 9.17) is 0 Å². The highest BCUT2D eigenvalue weighted by atomic mass is 19.4. The molecule has 210 valence electrons. The summed E-state index contributed by atoms with van der Waals surface area (Å²) in [6.45, 7) is -0.205. The molecule has 0 aliphatic rings. The number of carbonyl (C=O) groups excluding carboxylic acids is 2. The molecule has 0 aliphatic carbocycles. The van der Waals surface area contributed by atoms with E-state index in [-0.39, 0.29) is 55.4 Å². The Hall–Kier alpha value is -4.89. The Morgan fingerprint density at radius 1 is 0.950 bits per heavy atom. The van der Waals surface area contributed by atoms with Crippen LogP contribution >= 0.6 is 0 Å². The molecular formula is C24H23F4N9O3. The van der Waals surface area contributed by atoms with E-state index in [0.29, 0.717) is 5.56 Å². The predicted molar refractivity (Wildman–Crippen MR) is 129 cm³/mol. The highest BCUT2D eigenvalue weighted by molar-refractivity contribution is 5.92. The van der Waals surface area contributed by atoms with Gasteiger partial charge in [-0.1, -0.05) is 22.6 Å². The van der Waals surface area contributed by atoms with E-state index in [1.807, 2.05) is 0 Å². The van der Waals surface area contributed by atoms with Gasteiger partial charge in [0, 0.05) is 25.7 Å². The van der Waals surface area contributed by atoms with Crippen LogP contribution in [0.3, 0.4) is 0 Å². The fraction of sp³-hybridized carbons (Fsp3) is 0.292. The molecule has 0 saturated carbocycles. The van der Waals surface area contributed by atoms with E-state index in [2.05, 4.69) is 36.2 Å². The van der Waals surface area contributed by atoms with Crippen LogP contribution in [0, 0.1) is 0 Å². The van der Waals surface area contributed by atoms with E-state index in [1.54, 1.807) is 12.1 Å². The van der Waals surface area contributed by atoms with Crippen LogP contribution in [0.15, 0.2) is 55.0 Å². The number of aromatic hydroxyl groups is 1. The number of aryl methyl sites for hydroxylation is 1. The first kappa shape index (κ1) is 28.1. The first-order valence-electron chi connectivity index (χ1n) is 11.9. The van der Waals surface area contributed by atoms with Gasteiger partial charge in [0.15, 0.2) is 11.4 Å². The molecule has 3 aromatic heterocycles. The Labute approximate surface area is 224 Å². The van der Waals surface area contributed by atoms with E-state index < -0.39 is 29.7 Å². The Kier molecular flexibility index (Phi) is 8.66. The van der Waals surface area contributed by atoms with Gasteiger partial charge >= 0.3 is 6.18 Å². The molecule has 0 aliphatic heterocycles. The number of hydrogen-bond donors (Lipinski definition) is 3. The minimum absolute atomic E-state index is 0.000355. The van der Waals surface area contributed by atoms with Crippen molar-refractivity contribution in [1.29, 1.82) is 0 Å². The second-order valence-electron chi connectivity index (χ2n) is 8.65. The van der Waals surface area contributed by atoms with E-state index >= 15 is 0 Å². The van der Waals surface area contributed by atoms with Crippen molar-refractivity contribution in [1.82, 2.24) is 45.6 Å². The first-order valence-corrected chi connectivity index (χ1v) is 11.9. The fourth-order valence-corrected chi connectivity index (χ4v) is 3.52. The van der Waals surface area contributed by atoms with Gasteiger partial charge in [0.1, 0.15) is 11.9 Å². The lowest BCUT2D eigenvalue weighted by molar-refractivity contribution is -0.137. The number of alkyl halides is 4. The third kappa shape index (κ3) is 7.81. The average molecular weight is 562 g/mol. The van der Waals surface area contributed by atoms with Gasteiger partial charge in [-0.3, -0.25) is 19.3 Å². The van der Waals surface area contributed by atoms with Crippen molar-refractivity contribution in [2.45, 2.75) is 44.9 Å². The number of benzene rings is 1. The van der Waals surface area contributed by atoms with Crippen molar-refractivity contribution < 1.29 is 32.3 Å². The van der Waals surface area contributed by atoms with Crippen LogP contribution in [-0.4, -0.2) is 58.1 Å². The normalized spacial score (nSPS) is 12.2. The molecule has 1 aromatic carbocycles. The van der Waals surface area contributed by atoms with Gasteiger partial charge in [0.2, 0.25) is 0 Å².